The van der Waals surface area contributed by atoms with Crippen molar-refractivity contribution in [1.29, 1.82) is 0 Å². The van der Waals surface area contributed by atoms with Crippen molar-refractivity contribution in [3.63, 3.8) is 0 Å². The van der Waals surface area contributed by atoms with Crippen LogP contribution in [0.2, 0.25) is 0 Å². The van der Waals surface area contributed by atoms with Gasteiger partial charge in [-0.25, -0.2) is 4.79 Å². The molecule has 0 saturated carbocycles. The highest BCUT2D eigenvalue weighted by Gasteiger charge is 2.54. The fraction of sp³-hybridized carbons (Fsp3) is 0.533. The summed E-state index contributed by atoms with van der Waals surface area (Å²) >= 11 is 0. The molecule has 6 heteroatoms. The molecule has 2 rings (SSSR count). The molecular formula is C15H20O6. The standard InChI is InChI=1S/C15H20O6/c1-9(20-13(17)10-7-5-4-6-8-10)11-12(16)15(2,18)14(19-3)21-11/h4-9,11-12,14,16,18H,1-3H3/t9?,11?,12?,14?,15-/m1/s1. The lowest BCUT2D eigenvalue weighted by Crippen LogP contribution is -2.48. The van der Waals surface area contributed by atoms with Gasteiger partial charge in [0.15, 0.2) is 6.29 Å². The van der Waals surface area contributed by atoms with E-state index in [1.165, 1.54) is 14.0 Å². The van der Waals surface area contributed by atoms with Crippen LogP contribution in [0.3, 0.4) is 0 Å². The summed E-state index contributed by atoms with van der Waals surface area (Å²) in [5, 5.41) is 20.3. The molecule has 0 bridgehead atoms. The largest absolute Gasteiger partial charge is 0.456 e. The number of rotatable bonds is 4. The lowest BCUT2D eigenvalue weighted by atomic mass is 9.95. The molecule has 0 spiro atoms. The van der Waals surface area contributed by atoms with Crippen LogP contribution in [-0.4, -0.2) is 53.5 Å². The molecule has 116 valence electrons. The van der Waals surface area contributed by atoms with Crippen LogP contribution in [-0.2, 0) is 14.2 Å². The van der Waals surface area contributed by atoms with E-state index in [1.54, 1.807) is 37.3 Å². The number of hydrogen-bond acceptors (Lipinski definition) is 6. The Bertz CT molecular complexity index is 486. The second-order valence-electron chi connectivity index (χ2n) is 5.32. The van der Waals surface area contributed by atoms with Gasteiger partial charge in [0.05, 0.1) is 5.56 Å². The Morgan fingerprint density at radius 3 is 2.52 bits per heavy atom. The van der Waals surface area contributed by atoms with Crippen molar-refractivity contribution in [2.75, 3.05) is 7.11 Å². The third-order valence-corrected chi connectivity index (χ3v) is 3.65. The Labute approximate surface area is 123 Å². The highest BCUT2D eigenvalue weighted by Crippen LogP contribution is 2.33. The number of methoxy groups -OCH3 is 1. The number of ether oxygens (including phenoxy) is 3. The first-order chi connectivity index (χ1) is 9.87. The number of carbonyl (C=O) groups is 1. The average molecular weight is 296 g/mol. The maximum Gasteiger partial charge on any atom is 0.338 e. The zero-order valence-electron chi connectivity index (χ0n) is 12.2. The SMILES string of the molecule is COC1OC(C(C)OC(=O)c2ccccc2)C(O)[C@@]1(C)O. The van der Waals surface area contributed by atoms with Crippen molar-refractivity contribution in [2.45, 2.75) is 44.1 Å². The quantitative estimate of drug-likeness (QED) is 0.796. The van der Waals surface area contributed by atoms with Gasteiger partial charge in [-0.3, -0.25) is 0 Å². The van der Waals surface area contributed by atoms with E-state index in [1.807, 2.05) is 0 Å². The first kappa shape index (κ1) is 15.9. The Kier molecular flexibility index (Phi) is 4.63. The van der Waals surface area contributed by atoms with Gasteiger partial charge < -0.3 is 24.4 Å². The number of hydrogen-bond donors (Lipinski definition) is 2. The molecule has 1 aromatic rings. The van der Waals surface area contributed by atoms with Crippen molar-refractivity contribution in [3.8, 4) is 0 Å². The first-order valence-electron chi connectivity index (χ1n) is 6.72. The van der Waals surface area contributed by atoms with E-state index >= 15 is 0 Å². The molecule has 2 N–H and O–H groups in total. The third kappa shape index (κ3) is 3.08. The number of aliphatic hydroxyl groups excluding tert-OH is 1. The maximum absolute atomic E-state index is 12.0. The molecule has 0 aliphatic carbocycles. The zero-order chi connectivity index (χ0) is 15.6. The Morgan fingerprint density at radius 1 is 1.38 bits per heavy atom. The van der Waals surface area contributed by atoms with Crippen LogP contribution < -0.4 is 0 Å². The smallest absolute Gasteiger partial charge is 0.338 e. The van der Waals surface area contributed by atoms with Gasteiger partial charge >= 0.3 is 5.97 Å². The molecule has 0 amide bonds. The summed E-state index contributed by atoms with van der Waals surface area (Å²) in [6.45, 7) is 3.01. The topological polar surface area (TPSA) is 85.2 Å². The van der Waals surface area contributed by atoms with Crippen LogP contribution in [0.1, 0.15) is 24.2 Å². The molecule has 4 unspecified atom stereocenters. The van der Waals surface area contributed by atoms with Gasteiger partial charge in [-0.05, 0) is 26.0 Å². The minimum Gasteiger partial charge on any atom is -0.456 e. The monoisotopic (exact) mass is 296 g/mol. The van der Waals surface area contributed by atoms with Gasteiger partial charge in [0.25, 0.3) is 0 Å². The van der Waals surface area contributed by atoms with Gasteiger partial charge in [0, 0.05) is 7.11 Å². The summed E-state index contributed by atoms with van der Waals surface area (Å²) in [5.41, 5.74) is -1.15. The molecule has 1 fully saturated rings. The van der Waals surface area contributed by atoms with E-state index in [4.69, 9.17) is 14.2 Å². The first-order valence-corrected chi connectivity index (χ1v) is 6.72. The second kappa shape index (κ2) is 6.11. The van der Waals surface area contributed by atoms with Crippen molar-refractivity contribution in [2.24, 2.45) is 0 Å². The zero-order valence-corrected chi connectivity index (χ0v) is 12.2. The molecule has 1 aromatic carbocycles. The lowest BCUT2D eigenvalue weighted by molar-refractivity contribution is -0.190. The van der Waals surface area contributed by atoms with Crippen LogP contribution >= 0.6 is 0 Å². The second-order valence-corrected chi connectivity index (χ2v) is 5.32. The summed E-state index contributed by atoms with van der Waals surface area (Å²) in [6.07, 6.45) is -3.80. The summed E-state index contributed by atoms with van der Waals surface area (Å²) < 4.78 is 15.7. The number of benzene rings is 1. The molecule has 0 aromatic heterocycles. The molecule has 5 atom stereocenters. The van der Waals surface area contributed by atoms with Gasteiger partial charge in [0.2, 0.25) is 0 Å². The molecule has 21 heavy (non-hydrogen) atoms. The van der Waals surface area contributed by atoms with Crippen molar-refractivity contribution < 1.29 is 29.2 Å². The van der Waals surface area contributed by atoms with Crippen molar-refractivity contribution >= 4 is 5.97 Å². The average Bonchev–Trinajstić information content (AvgIpc) is 2.70. The van der Waals surface area contributed by atoms with Gasteiger partial charge in [0.1, 0.15) is 23.9 Å². The van der Waals surface area contributed by atoms with E-state index in [9.17, 15) is 15.0 Å². The normalized spacial score (nSPS) is 33.7. The van der Waals surface area contributed by atoms with Crippen LogP contribution in [0.4, 0.5) is 0 Å². The summed E-state index contributed by atoms with van der Waals surface area (Å²) in [6, 6.07) is 8.52. The molecule has 1 aliphatic heterocycles. The van der Waals surface area contributed by atoms with Crippen molar-refractivity contribution in [1.82, 2.24) is 0 Å². The van der Waals surface area contributed by atoms with Crippen LogP contribution in [0.5, 0.6) is 0 Å². The Balaban J connectivity index is 2.04. The van der Waals surface area contributed by atoms with E-state index in [0.29, 0.717) is 5.56 Å². The van der Waals surface area contributed by atoms with E-state index in [2.05, 4.69) is 0 Å². The van der Waals surface area contributed by atoms with Gasteiger partial charge in [-0.1, -0.05) is 18.2 Å². The number of esters is 1. The summed E-state index contributed by atoms with van der Waals surface area (Å²) in [5.74, 6) is -0.514. The number of aliphatic hydroxyl groups is 2. The highest BCUT2D eigenvalue weighted by atomic mass is 16.7. The van der Waals surface area contributed by atoms with Crippen LogP contribution in [0.25, 0.3) is 0 Å². The van der Waals surface area contributed by atoms with Crippen LogP contribution in [0.15, 0.2) is 30.3 Å². The summed E-state index contributed by atoms with van der Waals surface area (Å²) in [4.78, 5) is 12.0. The summed E-state index contributed by atoms with van der Waals surface area (Å²) in [7, 11) is 1.37. The van der Waals surface area contributed by atoms with E-state index in [0.717, 1.165) is 0 Å². The molecule has 6 nitrogen and oxygen atoms in total. The molecule has 0 radical (unpaired) electrons. The van der Waals surface area contributed by atoms with Gasteiger partial charge in [-0.2, -0.15) is 0 Å². The fourth-order valence-corrected chi connectivity index (χ4v) is 2.37. The molecule has 1 saturated heterocycles. The highest BCUT2D eigenvalue weighted by molar-refractivity contribution is 5.89. The molecular weight excluding hydrogens is 276 g/mol. The minimum absolute atomic E-state index is 0.409. The van der Waals surface area contributed by atoms with Crippen molar-refractivity contribution in [3.05, 3.63) is 35.9 Å². The predicted octanol–water partition coefficient (Wildman–Crippen LogP) is 0.715. The lowest BCUT2D eigenvalue weighted by Gasteiger charge is -2.26. The van der Waals surface area contributed by atoms with E-state index < -0.39 is 36.2 Å². The van der Waals surface area contributed by atoms with E-state index in [-0.39, 0.29) is 0 Å². The third-order valence-electron chi connectivity index (χ3n) is 3.65. The molecule has 1 aliphatic rings. The van der Waals surface area contributed by atoms with Crippen LogP contribution in [0, 0.1) is 0 Å². The minimum atomic E-state index is -1.56. The van der Waals surface area contributed by atoms with Gasteiger partial charge in [-0.15, -0.1) is 0 Å². The molecule has 1 heterocycles. The fourth-order valence-electron chi connectivity index (χ4n) is 2.37. The number of carbonyl (C=O) groups excluding carboxylic acids is 1. The predicted molar refractivity (Wildman–Crippen MR) is 73.6 cm³/mol. The maximum atomic E-state index is 12.0. The Hall–Kier alpha value is -1.47. The Morgan fingerprint density at radius 2 is 2.00 bits per heavy atom.